The molecule has 12 heteroatoms. The second kappa shape index (κ2) is 11.4. The van der Waals surface area contributed by atoms with Gasteiger partial charge in [-0.15, -0.1) is 24.8 Å². The predicted octanol–water partition coefficient (Wildman–Crippen LogP) is -0.520. The zero-order valence-corrected chi connectivity index (χ0v) is 17.3. The summed E-state index contributed by atoms with van der Waals surface area (Å²) >= 11 is 0. The van der Waals surface area contributed by atoms with Gasteiger partial charge in [-0.3, -0.25) is 9.59 Å². The van der Waals surface area contributed by atoms with Crippen LogP contribution in [0.1, 0.15) is 0 Å². The summed E-state index contributed by atoms with van der Waals surface area (Å²) in [4.78, 5) is 25.0. The van der Waals surface area contributed by atoms with Crippen molar-refractivity contribution < 1.29 is 18.0 Å². The molecule has 2 amide bonds. The summed E-state index contributed by atoms with van der Waals surface area (Å²) in [7, 11) is -1.66. The van der Waals surface area contributed by atoms with Gasteiger partial charge in [0.2, 0.25) is 21.8 Å². The van der Waals surface area contributed by atoms with Gasteiger partial charge in [0.15, 0.2) is 0 Å². The van der Waals surface area contributed by atoms with Gasteiger partial charge in [-0.1, -0.05) is 6.07 Å². The van der Waals surface area contributed by atoms with E-state index in [4.69, 9.17) is 5.73 Å². The van der Waals surface area contributed by atoms with E-state index in [1.54, 1.807) is 12.1 Å². The van der Waals surface area contributed by atoms with Gasteiger partial charge in [-0.2, -0.15) is 4.31 Å². The van der Waals surface area contributed by atoms with Crippen LogP contribution in [0.15, 0.2) is 29.2 Å². The zero-order chi connectivity index (χ0) is 18.4. The van der Waals surface area contributed by atoms with E-state index >= 15 is 0 Å². The monoisotopic (exact) mass is 441 g/mol. The van der Waals surface area contributed by atoms with E-state index in [2.05, 4.69) is 15.5 Å². The number of nitrogens with zero attached hydrogens (tertiary/aromatic N) is 2. The van der Waals surface area contributed by atoms with Gasteiger partial charge in [0, 0.05) is 31.9 Å². The van der Waals surface area contributed by atoms with Crippen LogP contribution in [0.4, 0.5) is 5.69 Å². The lowest BCUT2D eigenvalue weighted by molar-refractivity contribution is -0.123. The Bertz CT molecular complexity index is 739. The fourth-order valence-electron chi connectivity index (χ4n) is 2.37. The number of benzene rings is 1. The van der Waals surface area contributed by atoms with Crippen LogP contribution in [0.25, 0.3) is 0 Å². The molecular formula is C15H25Cl2N5O4S. The number of halogens is 2. The number of nitrogens with two attached hydrogens (primary N) is 1. The van der Waals surface area contributed by atoms with Gasteiger partial charge in [-0.25, -0.2) is 8.42 Å². The van der Waals surface area contributed by atoms with Gasteiger partial charge < -0.3 is 21.3 Å². The molecular weight excluding hydrogens is 417 g/mol. The molecule has 1 aromatic rings. The number of sulfonamides is 1. The molecule has 1 saturated heterocycles. The number of amides is 2. The molecule has 0 bridgehead atoms. The van der Waals surface area contributed by atoms with Crippen LogP contribution < -0.4 is 16.4 Å². The van der Waals surface area contributed by atoms with Crippen molar-refractivity contribution in [3.05, 3.63) is 24.3 Å². The fraction of sp³-hybridized carbons (Fsp3) is 0.467. The first-order valence-corrected chi connectivity index (χ1v) is 9.32. The molecule has 0 aromatic heterocycles. The van der Waals surface area contributed by atoms with Crippen molar-refractivity contribution in [2.75, 3.05) is 51.6 Å². The Balaban J connectivity index is 0.00000338. The Hall–Kier alpha value is -1.43. The summed E-state index contributed by atoms with van der Waals surface area (Å²) in [5.41, 5.74) is 5.49. The average molecular weight is 442 g/mol. The van der Waals surface area contributed by atoms with E-state index in [0.717, 1.165) is 0 Å². The predicted molar refractivity (Wildman–Crippen MR) is 108 cm³/mol. The van der Waals surface area contributed by atoms with Crippen LogP contribution in [0.3, 0.4) is 0 Å². The number of rotatable bonds is 6. The molecule has 0 unspecified atom stereocenters. The maximum absolute atomic E-state index is 12.7. The van der Waals surface area contributed by atoms with Crippen molar-refractivity contribution in [2.24, 2.45) is 5.73 Å². The Kier molecular flexibility index (Phi) is 10.8. The maximum atomic E-state index is 12.7. The van der Waals surface area contributed by atoms with E-state index < -0.39 is 21.8 Å². The first kappa shape index (κ1) is 25.6. The van der Waals surface area contributed by atoms with Gasteiger partial charge >= 0.3 is 0 Å². The summed E-state index contributed by atoms with van der Waals surface area (Å²) < 4.78 is 26.9. The largest absolute Gasteiger partial charge is 0.346 e. The Morgan fingerprint density at radius 1 is 1.11 bits per heavy atom. The third-order valence-corrected chi connectivity index (χ3v) is 5.74. The highest BCUT2D eigenvalue weighted by Crippen LogP contribution is 2.20. The number of hydrogen-bond donors (Lipinski definition) is 3. The molecule has 0 radical (unpaired) electrons. The van der Waals surface area contributed by atoms with Gasteiger partial charge in [0.25, 0.3) is 0 Å². The molecule has 4 N–H and O–H groups in total. The van der Waals surface area contributed by atoms with Crippen LogP contribution >= 0.6 is 24.8 Å². The van der Waals surface area contributed by atoms with Crippen molar-refractivity contribution in [3.8, 4) is 0 Å². The van der Waals surface area contributed by atoms with Crippen molar-refractivity contribution in [1.82, 2.24) is 14.5 Å². The molecule has 1 aromatic carbocycles. The lowest BCUT2D eigenvalue weighted by Crippen LogP contribution is -2.47. The molecule has 1 fully saturated rings. The summed E-state index contributed by atoms with van der Waals surface area (Å²) in [6, 6.07) is 6.07. The zero-order valence-electron chi connectivity index (χ0n) is 14.9. The molecule has 9 nitrogen and oxygen atoms in total. The first-order chi connectivity index (χ1) is 11.8. The molecule has 0 aliphatic carbocycles. The number of hydrogen-bond acceptors (Lipinski definition) is 6. The molecule has 154 valence electrons. The summed E-state index contributed by atoms with van der Waals surface area (Å²) in [5.74, 6) is -0.905. The number of carbonyl (C=O) groups is 2. The number of nitrogens with one attached hydrogen (secondary N) is 2. The van der Waals surface area contributed by atoms with Crippen molar-refractivity contribution in [2.45, 2.75) is 4.90 Å². The minimum Gasteiger partial charge on any atom is -0.346 e. The quantitative estimate of drug-likeness (QED) is 0.545. The molecule has 2 rings (SSSR count). The van der Waals surface area contributed by atoms with E-state index in [-0.39, 0.29) is 42.8 Å². The second-order valence-electron chi connectivity index (χ2n) is 5.76. The van der Waals surface area contributed by atoms with Crippen molar-refractivity contribution >= 4 is 52.3 Å². The number of anilines is 1. The average Bonchev–Trinajstić information content (AvgIpc) is 2.60. The minimum absolute atomic E-state index is 0. The Labute approximate surface area is 171 Å². The van der Waals surface area contributed by atoms with Crippen molar-refractivity contribution in [3.63, 3.8) is 0 Å². The van der Waals surface area contributed by atoms with Gasteiger partial charge in [0.1, 0.15) is 0 Å². The molecule has 1 aliphatic rings. The van der Waals surface area contributed by atoms with Crippen LogP contribution in [0.2, 0.25) is 0 Å². The van der Waals surface area contributed by atoms with Crippen LogP contribution in [0, 0.1) is 0 Å². The number of likely N-dealkylation sites (N-methyl/N-ethyl adjacent to an activating group) is 1. The normalized spacial score (nSPS) is 15.2. The Morgan fingerprint density at radius 3 is 2.33 bits per heavy atom. The van der Waals surface area contributed by atoms with Crippen LogP contribution in [0.5, 0.6) is 0 Å². The lowest BCUT2D eigenvalue weighted by Gasteiger charge is -2.31. The van der Waals surface area contributed by atoms with Gasteiger partial charge in [-0.05, 0) is 25.2 Å². The molecule has 0 saturated carbocycles. The third-order valence-electron chi connectivity index (χ3n) is 3.85. The summed E-state index contributed by atoms with van der Waals surface area (Å²) in [6.45, 7) is 1.78. The molecule has 0 atom stereocenters. The Morgan fingerprint density at radius 2 is 1.74 bits per heavy atom. The van der Waals surface area contributed by atoms with Gasteiger partial charge in [0.05, 0.1) is 18.0 Å². The standard InChI is InChI=1S/C15H23N5O4S.2ClH/c1-19-5-7-20(8-6-19)25(23,24)13-4-2-3-12(9-13)18-15(22)11-17-14(21)10-16;;/h2-4,9H,5-8,10-11,16H2,1H3,(H,17,21)(H,18,22);2*1H. The molecule has 1 aliphatic heterocycles. The van der Waals surface area contributed by atoms with E-state index in [9.17, 15) is 18.0 Å². The summed E-state index contributed by atoms with van der Waals surface area (Å²) in [6.07, 6.45) is 0. The third kappa shape index (κ3) is 7.24. The van der Waals surface area contributed by atoms with E-state index in [1.165, 1.54) is 16.4 Å². The van der Waals surface area contributed by atoms with E-state index in [1.807, 2.05) is 7.05 Å². The number of carbonyl (C=O) groups excluding carboxylic acids is 2. The molecule has 1 heterocycles. The topological polar surface area (TPSA) is 125 Å². The smallest absolute Gasteiger partial charge is 0.243 e. The second-order valence-corrected chi connectivity index (χ2v) is 7.70. The molecule has 27 heavy (non-hydrogen) atoms. The lowest BCUT2D eigenvalue weighted by atomic mass is 10.3. The van der Waals surface area contributed by atoms with Crippen molar-refractivity contribution in [1.29, 1.82) is 0 Å². The highest BCUT2D eigenvalue weighted by molar-refractivity contribution is 7.89. The van der Waals surface area contributed by atoms with Crippen LogP contribution in [-0.4, -0.2) is 75.8 Å². The highest BCUT2D eigenvalue weighted by Gasteiger charge is 2.27. The highest BCUT2D eigenvalue weighted by atomic mass is 35.5. The minimum atomic E-state index is -3.60. The van der Waals surface area contributed by atoms with E-state index in [0.29, 0.717) is 31.9 Å². The number of piperazine rings is 1. The first-order valence-electron chi connectivity index (χ1n) is 7.88. The summed E-state index contributed by atoms with van der Waals surface area (Å²) in [5, 5.41) is 4.90. The molecule has 0 spiro atoms. The van der Waals surface area contributed by atoms with Crippen LogP contribution in [-0.2, 0) is 19.6 Å². The fourth-order valence-corrected chi connectivity index (χ4v) is 3.84. The SMILES string of the molecule is CN1CCN(S(=O)(=O)c2cccc(NC(=O)CNC(=O)CN)c2)CC1.Cl.Cl. The maximum Gasteiger partial charge on any atom is 0.243 e.